The van der Waals surface area contributed by atoms with Crippen molar-refractivity contribution in [3.63, 3.8) is 0 Å². The van der Waals surface area contributed by atoms with Gasteiger partial charge in [0.05, 0.1) is 18.2 Å². The zero-order chi connectivity index (χ0) is 15.0. The fourth-order valence-electron chi connectivity index (χ4n) is 2.13. The first-order valence-corrected chi connectivity index (χ1v) is 8.14. The molecule has 0 spiro atoms. The molecule has 1 aromatic rings. The van der Waals surface area contributed by atoms with Crippen LogP contribution in [0.15, 0.2) is 16.6 Å². The largest absolute Gasteiger partial charge is 0.493 e. The van der Waals surface area contributed by atoms with Crippen LogP contribution in [0.3, 0.4) is 0 Å². The van der Waals surface area contributed by atoms with E-state index in [2.05, 4.69) is 29.8 Å². The lowest BCUT2D eigenvalue weighted by Crippen LogP contribution is -2.12. The Morgan fingerprint density at radius 1 is 1.30 bits per heavy atom. The van der Waals surface area contributed by atoms with Gasteiger partial charge in [-0.1, -0.05) is 33.1 Å². The van der Waals surface area contributed by atoms with Gasteiger partial charge >= 0.3 is 0 Å². The number of rotatable bonds is 9. The van der Waals surface area contributed by atoms with E-state index in [1.807, 2.05) is 12.1 Å². The molecule has 0 fully saturated rings. The van der Waals surface area contributed by atoms with Gasteiger partial charge in [0.25, 0.3) is 0 Å². The maximum atomic E-state index is 6.00. The second kappa shape index (κ2) is 9.24. The summed E-state index contributed by atoms with van der Waals surface area (Å²) < 4.78 is 12.3. The Bertz CT molecular complexity index is 410. The molecule has 0 radical (unpaired) electrons. The smallest absolute Gasteiger partial charge is 0.175 e. The third-order valence-corrected chi connectivity index (χ3v) is 4.12. The summed E-state index contributed by atoms with van der Waals surface area (Å²) in [6.45, 7) is 5.66. The monoisotopic (exact) mass is 343 g/mol. The van der Waals surface area contributed by atoms with Crippen molar-refractivity contribution in [2.75, 3.05) is 13.7 Å². The lowest BCUT2D eigenvalue weighted by Gasteiger charge is -2.18. The quantitative estimate of drug-likeness (QED) is 0.717. The Balaban J connectivity index is 2.75. The van der Waals surface area contributed by atoms with Gasteiger partial charge in [-0.25, -0.2) is 0 Å². The number of nitrogens with two attached hydrogens (primary N) is 1. The molecule has 0 saturated heterocycles. The number of hydrogen-bond acceptors (Lipinski definition) is 3. The Morgan fingerprint density at radius 2 is 2.05 bits per heavy atom. The molecule has 1 rings (SSSR count). The van der Waals surface area contributed by atoms with Crippen LogP contribution in [0.1, 0.15) is 45.1 Å². The summed E-state index contributed by atoms with van der Waals surface area (Å²) in [5, 5.41) is 0. The summed E-state index contributed by atoms with van der Waals surface area (Å²) >= 11 is 3.54. The second-order valence-electron chi connectivity index (χ2n) is 5.04. The highest BCUT2D eigenvalue weighted by Crippen LogP contribution is 2.37. The molecule has 3 nitrogen and oxygen atoms in total. The lowest BCUT2D eigenvalue weighted by atomic mass is 10.0. The van der Waals surface area contributed by atoms with Crippen LogP contribution in [-0.4, -0.2) is 13.7 Å². The van der Waals surface area contributed by atoms with Crippen molar-refractivity contribution in [3.8, 4) is 11.5 Å². The van der Waals surface area contributed by atoms with E-state index in [4.69, 9.17) is 15.2 Å². The summed E-state index contributed by atoms with van der Waals surface area (Å²) in [5.41, 5.74) is 6.70. The van der Waals surface area contributed by atoms with Gasteiger partial charge in [-0.2, -0.15) is 0 Å². The van der Waals surface area contributed by atoms with Crippen LogP contribution < -0.4 is 15.2 Å². The average molecular weight is 344 g/mol. The summed E-state index contributed by atoms with van der Waals surface area (Å²) in [5.74, 6) is 2.12. The van der Waals surface area contributed by atoms with E-state index in [0.29, 0.717) is 12.5 Å². The van der Waals surface area contributed by atoms with E-state index < -0.39 is 0 Å². The van der Waals surface area contributed by atoms with Crippen molar-refractivity contribution in [2.45, 2.75) is 46.1 Å². The van der Waals surface area contributed by atoms with E-state index in [1.54, 1.807) is 7.11 Å². The molecule has 0 aromatic heterocycles. The topological polar surface area (TPSA) is 44.5 Å². The van der Waals surface area contributed by atoms with Crippen molar-refractivity contribution < 1.29 is 9.47 Å². The Labute approximate surface area is 131 Å². The summed E-state index contributed by atoms with van der Waals surface area (Å²) in [6, 6.07) is 3.93. The van der Waals surface area contributed by atoms with Gasteiger partial charge in [0.2, 0.25) is 0 Å². The third kappa shape index (κ3) is 4.98. The predicted molar refractivity (Wildman–Crippen MR) is 87.4 cm³/mol. The maximum absolute atomic E-state index is 6.00. The fourth-order valence-corrected chi connectivity index (χ4v) is 2.73. The highest BCUT2D eigenvalue weighted by molar-refractivity contribution is 9.10. The average Bonchev–Trinajstić information content (AvgIpc) is 2.47. The molecule has 0 heterocycles. The molecule has 114 valence electrons. The normalized spacial score (nSPS) is 12.2. The number of halogens is 1. The first-order chi connectivity index (χ1) is 9.65. The standard InChI is InChI=1S/C16H26BrNO2/c1-4-6-7-12(5-2)11-20-16-14(17)8-13(10-18)9-15(16)19-3/h8-9,12H,4-7,10-11,18H2,1-3H3. The summed E-state index contributed by atoms with van der Waals surface area (Å²) in [7, 11) is 1.66. The zero-order valence-corrected chi connectivity index (χ0v) is 14.3. The minimum Gasteiger partial charge on any atom is -0.493 e. The number of benzene rings is 1. The van der Waals surface area contributed by atoms with E-state index >= 15 is 0 Å². The minimum absolute atomic E-state index is 0.489. The van der Waals surface area contributed by atoms with Gasteiger partial charge in [-0.3, -0.25) is 0 Å². The van der Waals surface area contributed by atoms with Crippen molar-refractivity contribution in [2.24, 2.45) is 11.7 Å². The van der Waals surface area contributed by atoms with Crippen LogP contribution in [0.25, 0.3) is 0 Å². The van der Waals surface area contributed by atoms with Gasteiger partial charge in [0.1, 0.15) is 0 Å². The number of ether oxygens (including phenoxy) is 2. The SMILES string of the molecule is CCCCC(CC)COc1c(Br)cc(CN)cc1OC. The van der Waals surface area contributed by atoms with Crippen LogP contribution in [0, 0.1) is 5.92 Å². The molecule has 1 atom stereocenters. The Hall–Kier alpha value is -0.740. The van der Waals surface area contributed by atoms with Crippen LogP contribution in [0.2, 0.25) is 0 Å². The molecule has 0 amide bonds. The summed E-state index contributed by atoms with van der Waals surface area (Å²) in [6.07, 6.45) is 4.84. The number of unbranched alkanes of at least 4 members (excludes halogenated alkanes) is 1. The Morgan fingerprint density at radius 3 is 2.60 bits per heavy atom. The van der Waals surface area contributed by atoms with Crippen molar-refractivity contribution in [1.29, 1.82) is 0 Å². The molecule has 4 heteroatoms. The molecular weight excluding hydrogens is 318 g/mol. The van der Waals surface area contributed by atoms with Gasteiger partial charge in [-0.15, -0.1) is 0 Å². The highest BCUT2D eigenvalue weighted by atomic mass is 79.9. The predicted octanol–water partition coefficient (Wildman–Crippen LogP) is 4.51. The lowest BCUT2D eigenvalue weighted by molar-refractivity contribution is 0.223. The highest BCUT2D eigenvalue weighted by Gasteiger charge is 2.14. The summed E-state index contributed by atoms with van der Waals surface area (Å²) in [4.78, 5) is 0. The van der Waals surface area contributed by atoms with Crippen LogP contribution in [-0.2, 0) is 6.54 Å². The molecule has 0 bridgehead atoms. The molecule has 20 heavy (non-hydrogen) atoms. The first-order valence-electron chi connectivity index (χ1n) is 7.35. The number of methoxy groups -OCH3 is 1. The van der Waals surface area contributed by atoms with E-state index in [1.165, 1.54) is 19.3 Å². The zero-order valence-electron chi connectivity index (χ0n) is 12.7. The van der Waals surface area contributed by atoms with Crippen LogP contribution in [0.4, 0.5) is 0 Å². The van der Waals surface area contributed by atoms with Crippen molar-refractivity contribution in [3.05, 3.63) is 22.2 Å². The van der Waals surface area contributed by atoms with Crippen molar-refractivity contribution >= 4 is 15.9 Å². The molecule has 0 aliphatic carbocycles. The number of hydrogen-bond donors (Lipinski definition) is 1. The van der Waals surface area contributed by atoms with Crippen LogP contribution >= 0.6 is 15.9 Å². The van der Waals surface area contributed by atoms with Gasteiger partial charge in [-0.05, 0) is 46.0 Å². The van der Waals surface area contributed by atoms with E-state index in [9.17, 15) is 0 Å². The molecule has 1 aromatic carbocycles. The molecule has 0 aliphatic rings. The molecule has 0 aliphatic heterocycles. The van der Waals surface area contributed by atoms with Gasteiger partial charge in [0.15, 0.2) is 11.5 Å². The van der Waals surface area contributed by atoms with Gasteiger partial charge in [0, 0.05) is 6.54 Å². The first kappa shape index (κ1) is 17.3. The molecule has 2 N–H and O–H groups in total. The molecular formula is C16H26BrNO2. The molecule has 1 unspecified atom stereocenters. The fraction of sp³-hybridized carbons (Fsp3) is 0.625. The Kier molecular flexibility index (Phi) is 8.00. The minimum atomic E-state index is 0.489. The van der Waals surface area contributed by atoms with E-state index in [-0.39, 0.29) is 0 Å². The second-order valence-corrected chi connectivity index (χ2v) is 5.89. The van der Waals surface area contributed by atoms with Crippen molar-refractivity contribution in [1.82, 2.24) is 0 Å². The van der Waals surface area contributed by atoms with Crippen LogP contribution in [0.5, 0.6) is 11.5 Å². The van der Waals surface area contributed by atoms with Gasteiger partial charge < -0.3 is 15.2 Å². The maximum Gasteiger partial charge on any atom is 0.175 e. The van der Waals surface area contributed by atoms with E-state index in [0.717, 1.165) is 34.6 Å². The molecule has 0 saturated carbocycles. The third-order valence-electron chi connectivity index (χ3n) is 3.53.